The van der Waals surface area contributed by atoms with Gasteiger partial charge in [0.15, 0.2) is 5.78 Å². The number of benzene rings is 1. The maximum absolute atomic E-state index is 14.6. The lowest BCUT2D eigenvalue weighted by Crippen LogP contribution is -2.68. The maximum Gasteiger partial charge on any atom is 0.312 e. The average Bonchev–Trinajstić information content (AvgIpc) is 2.92. The second kappa shape index (κ2) is 9.13. The molecule has 0 aliphatic heterocycles. The summed E-state index contributed by atoms with van der Waals surface area (Å²) in [5, 5.41) is 0. The van der Waals surface area contributed by atoms with Gasteiger partial charge in [0.1, 0.15) is 12.4 Å². The third kappa shape index (κ3) is 3.94. The first-order valence-corrected chi connectivity index (χ1v) is 16.1. The van der Waals surface area contributed by atoms with Gasteiger partial charge >= 0.3 is 5.97 Å². The topological polar surface area (TPSA) is 60.4 Å². The van der Waals surface area contributed by atoms with Gasteiger partial charge in [0.2, 0.25) is 0 Å². The highest BCUT2D eigenvalue weighted by Crippen LogP contribution is 2.75. The zero-order chi connectivity index (χ0) is 29.6. The van der Waals surface area contributed by atoms with Crippen molar-refractivity contribution in [1.29, 1.82) is 0 Å². The summed E-state index contributed by atoms with van der Waals surface area (Å²) in [6.07, 6.45) is 11.4. The van der Waals surface area contributed by atoms with Gasteiger partial charge in [-0.1, -0.05) is 78.0 Å². The number of fused-ring (bicyclic) bond motifs is 7. The van der Waals surface area contributed by atoms with E-state index in [4.69, 9.17) is 4.74 Å². The number of ether oxygens (including phenoxy) is 1. The zero-order valence-electron chi connectivity index (χ0n) is 26.3. The van der Waals surface area contributed by atoms with Gasteiger partial charge in [0.25, 0.3) is 0 Å². The Bertz CT molecular complexity index is 1300. The summed E-state index contributed by atoms with van der Waals surface area (Å²) in [6, 6.07) is 9.90. The Balaban J connectivity index is 1.32. The second-order valence-corrected chi connectivity index (χ2v) is 16.5. The largest absolute Gasteiger partial charge is 0.460 e. The first-order chi connectivity index (χ1) is 19.1. The van der Waals surface area contributed by atoms with Gasteiger partial charge in [-0.3, -0.25) is 14.4 Å². The lowest BCUT2D eigenvalue weighted by molar-refractivity contribution is -0.222. The molecule has 6 rings (SSSR count). The molecule has 5 aliphatic carbocycles. The fraction of sp³-hybridized carbons (Fsp3) is 0.703. The number of carbonyl (C=O) groups excluding carboxylic acids is 3. The molecule has 0 amide bonds. The summed E-state index contributed by atoms with van der Waals surface area (Å²) in [6.45, 7) is 16.3. The standard InChI is InChI=1S/C37H50O4/c1-32(2)27-13-16-36(6)28(35(27,5)15-14-29(32)39)21-26(38)30-25-22-34(4,18-17-33(25,3)19-20-37(30,36)7)31(40)41-23-24-11-9-8-10-12-24/h8-12,14-15,25,27-28,30H,13,16-23H2,1-7H3/t25-,27?,28+,30?,33+,34-,35-,36+,37+/m0/s1. The first-order valence-electron chi connectivity index (χ1n) is 16.1. The van der Waals surface area contributed by atoms with E-state index in [1.807, 2.05) is 36.4 Å². The second-order valence-electron chi connectivity index (χ2n) is 16.5. The Labute approximate surface area is 247 Å². The molecule has 4 nitrogen and oxygen atoms in total. The SMILES string of the molecule is CC1(C)C(=O)C=C[C@@]2(C)C1CC[C@]1(C)[C@@H]2CC(=O)C2[C@@H]3C[C@@](C)(C(=O)OCc4ccccc4)CC[C@]3(C)CC[C@]21C. The van der Waals surface area contributed by atoms with Crippen LogP contribution in [0.1, 0.15) is 105 Å². The van der Waals surface area contributed by atoms with Crippen molar-refractivity contribution in [3.05, 3.63) is 48.0 Å². The van der Waals surface area contributed by atoms with Gasteiger partial charge in [0, 0.05) is 17.8 Å². The molecule has 0 heterocycles. The number of esters is 1. The molecule has 0 aromatic heterocycles. The molecule has 2 unspecified atom stereocenters. The number of hydrogen-bond acceptors (Lipinski definition) is 4. The average molecular weight is 559 g/mol. The van der Waals surface area contributed by atoms with E-state index in [-0.39, 0.29) is 57.1 Å². The minimum Gasteiger partial charge on any atom is -0.460 e. The number of allylic oxidation sites excluding steroid dienone is 2. The molecule has 41 heavy (non-hydrogen) atoms. The summed E-state index contributed by atoms with van der Waals surface area (Å²) >= 11 is 0. The van der Waals surface area contributed by atoms with Gasteiger partial charge in [-0.2, -0.15) is 0 Å². The van der Waals surface area contributed by atoms with Gasteiger partial charge < -0.3 is 4.74 Å². The number of hydrogen-bond donors (Lipinski definition) is 0. The predicted octanol–water partition coefficient (Wildman–Crippen LogP) is 8.14. The van der Waals surface area contributed by atoms with E-state index < -0.39 is 10.8 Å². The molecule has 222 valence electrons. The van der Waals surface area contributed by atoms with Crippen LogP contribution in [0.5, 0.6) is 0 Å². The van der Waals surface area contributed by atoms with Crippen molar-refractivity contribution in [3.8, 4) is 0 Å². The third-order valence-electron chi connectivity index (χ3n) is 14.2. The van der Waals surface area contributed by atoms with Crippen LogP contribution in [0.25, 0.3) is 0 Å². The Morgan fingerprint density at radius 2 is 1.54 bits per heavy atom. The van der Waals surface area contributed by atoms with Gasteiger partial charge in [-0.05, 0) is 103 Å². The maximum atomic E-state index is 14.6. The van der Waals surface area contributed by atoms with Crippen molar-refractivity contribution in [3.63, 3.8) is 0 Å². The molecule has 4 fully saturated rings. The van der Waals surface area contributed by atoms with Crippen LogP contribution in [0.2, 0.25) is 0 Å². The minimum absolute atomic E-state index is 0.000626. The summed E-state index contributed by atoms with van der Waals surface area (Å²) in [4.78, 5) is 41.1. The van der Waals surface area contributed by atoms with Crippen LogP contribution in [-0.2, 0) is 25.7 Å². The number of Topliss-reactive ketones (excluding diaryl/α,β-unsaturated/α-hetero) is 1. The summed E-state index contributed by atoms with van der Waals surface area (Å²) in [5.74, 6) is 1.13. The Kier molecular flexibility index (Phi) is 6.43. The van der Waals surface area contributed by atoms with Crippen molar-refractivity contribution in [2.75, 3.05) is 0 Å². The molecule has 4 heteroatoms. The van der Waals surface area contributed by atoms with Crippen LogP contribution in [0.4, 0.5) is 0 Å². The summed E-state index contributed by atoms with van der Waals surface area (Å²) in [7, 11) is 0. The summed E-state index contributed by atoms with van der Waals surface area (Å²) < 4.78 is 5.92. The van der Waals surface area contributed by atoms with Crippen LogP contribution in [0.3, 0.4) is 0 Å². The van der Waals surface area contributed by atoms with Gasteiger partial charge in [-0.25, -0.2) is 0 Å². The number of carbonyl (C=O) groups is 3. The molecule has 9 atom stereocenters. The summed E-state index contributed by atoms with van der Waals surface area (Å²) in [5.41, 5.74) is -0.198. The molecule has 5 aliphatic rings. The Hall–Kier alpha value is -2.23. The lowest BCUT2D eigenvalue weighted by Gasteiger charge is -2.71. The van der Waals surface area contributed by atoms with Gasteiger partial charge in [0.05, 0.1) is 5.41 Å². The molecule has 0 bridgehead atoms. The molecule has 0 radical (unpaired) electrons. The molecule has 1 aromatic carbocycles. The molecular formula is C37H50O4. The van der Waals surface area contributed by atoms with Crippen molar-refractivity contribution in [2.45, 2.75) is 106 Å². The zero-order valence-corrected chi connectivity index (χ0v) is 26.3. The minimum atomic E-state index is -0.574. The molecule has 0 saturated heterocycles. The van der Waals surface area contributed by atoms with Crippen LogP contribution < -0.4 is 0 Å². The molecule has 4 saturated carbocycles. The lowest BCUT2D eigenvalue weighted by atomic mass is 9.32. The van der Waals surface area contributed by atoms with Crippen LogP contribution in [-0.4, -0.2) is 17.5 Å². The smallest absolute Gasteiger partial charge is 0.312 e. The van der Waals surface area contributed by atoms with E-state index in [0.29, 0.717) is 18.8 Å². The fourth-order valence-corrected chi connectivity index (χ4v) is 11.2. The Morgan fingerprint density at radius 3 is 2.24 bits per heavy atom. The van der Waals surface area contributed by atoms with Crippen molar-refractivity contribution in [2.24, 2.45) is 56.2 Å². The number of ketones is 2. The monoisotopic (exact) mass is 558 g/mol. The van der Waals surface area contributed by atoms with E-state index in [1.54, 1.807) is 0 Å². The van der Waals surface area contributed by atoms with Crippen molar-refractivity contribution >= 4 is 17.5 Å². The molecule has 0 N–H and O–H groups in total. The van der Waals surface area contributed by atoms with Crippen molar-refractivity contribution < 1.29 is 19.1 Å². The Morgan fingerprint density at radius 1 is 0.854 bits per heavy atom. The molecular weight excluding hydrogens is 508 g/mol. The molecule has 0 spiro atoms. The first kappa shape index (κ1) is 28.9. The quantitative estimate of drug-likeness (QED) is 0.351. The van der Waals surface area contributed by atoms with Crippen LogP contribution in [0.15, 0.2) is 42.5 Å². The van der Waals surface area contributed by atoms with E-state index in [0.717, 1.165) is 50.5 Å². The van der Waals surface area contributed by atoms with Crippen LogP contribution in [0, 0.1) is 56.2 Å². The highest BCUT2D eigenvalue weighted by Gasteiger charge is 2.71. The van der Waals surface area contributed by atoms with Gasteiger partial charge in [-0.15, -0.1) is 0 Å². The highest BCUT2D eigenvalue weighted by molar-refractivity contribution is 5.96. The normalized spacial score (nSPS) is 46.5. The third-order valence-corrected chi connectivity index (χ3v) is 14.2. The van der Waals surface area contributed by atoms with Crippen molar-refractivity contribution in [1.82, 2.24) is 0 Å². The van der Waals surface area contributed by atoms with E-state index in [9.17, 15) is 14.4 Å². The molecule has 1 aromatic rings. The van der Waals surface area contributed by atoms with E-state index in [1.165, 1.54) is 0 Å². The van der Waals surface area contributed by atoms with E-state index in [2.05, 4.69) is 54.5 Å². The fourth-order valence-electron chi connectivity index (χ4n) is 11.2. The predicted molar refractivity (Wildman–Crippen MR) is 161 cm³/mol. The van der Waals surface area contributed by atoms with E-state index >= 15 is 0 Å². The number of rotatable bonds is 3. The highest BCUT2D eigenvalue weighted by atomic mass is 16.5. The van der Waals surface area contributed by atoms with Crippen LogP contribution >= 0.6 is 0 Å².